The minimum absolute atomic E-state index is 0.101. The van der Waals surface area contributed by atoms with Crippen LogP contribution in [0.2, 0.25) is 0 Å². The van der Waals surface area contributed by atoms with E-state index in [1.807, 2.05) is 6.07 Å². The van der Waals surface area contributed by atoms with Gasteiger partial charge in [0.15, 0.2) is 0 Å². The Morgan fingerprint density at radius 1 is 1.33 bits per heavy atom. The molecule has 2 unspecified atom stereocenters. The van der Waals surface area contributed by atoms with Crippen molar-refractivity contribution < 1.29 is 4.74 Å². The number of ether oxygens (including phenoxy) is 1. The van der Waals surface area contributed by atoms with Crippen LogP contribution < -0.4 is 5.32 Å². The average Bonchev–Trinajstić information content (AvgIpc) is 2.82. The van der Waals surface area contributed by atoms with Crippen LogP contribution in [0.15, 0.2) is 24.3 Å². The number of rotatable bonds is 2. The molecule has 1 aromatic carbocycles. The van der Waals surface area contributed by atoms with Gasteiger partial charge in [0.1, 0.15) is 11.1 Å². The van der Waals surface area contributed by atoms with Crippen molar-refractivity contribution in [3.05, 3.63) is 29.3 Å². The number of hydrogen-bond donors (Lipinski definition) is 1. The summed E-state index contributed by atoms with van der Waals surface area (Å²) in [6.45, 7) is 6.21. The number of nitrogens with zero attached hydrogens (tertiary/aromatic N) is 1. The molecule has 0 radical (unpaired) electrons. The number of benzene rings is 1. The smallest absolute Gasteiger partial charge is 0.124 e. The van der Waals surface area contributed by atoms with E-state index in [2.05, 4.69) is 42.3 Å². The van der Waals surface area contributed by atoms with Crippen molar-refractivity contribution >= 4 is 21.6 Å². The van der Waals surface area contributed by atoms with E-state index >= 15 is 0 Å². The fourth-order valence-electron chi connectivity index (χ4n) is 2.23. The maximum atomic E-state index is 6.15. The number of nitrogens with one attached hydrogen (secondary N) is 1. The lowest BCUT2D eigenvalue weighted by Gasteiger charge is -2.32. The average molecular weight is 262 g/mol. The first-order chi connectivity index (χ1) is 8.74. The Hall–Kier alpha value is -0.970. The molecule has 1 N–H and O–H groups in total. The first-order valence-corrected chi connectivity index (χ1v) is 7.27. The summed E-state index contributed by atoms with van der Waals surface area (Å²) in [7, 11) is 0. The maximum absolute atomic E-state index is 6.15. The van der Waals surface area contributed by atoms with Crippen LogP contribution in [-0.2, 0) is 4.74 Å². The molecular formula is C14H18N2OS. The Morgan fingerprint density at radius 3 is 2.94 bits per heavy atom. The number of hydrogen-bond acceptors (Lipinski definition) is 4. The summed E-state index contributed by atoms with van der Waals surface area (Å²) in [6.07, 6.45) is 0.388. The Bertz CT molecular complexity index is 504. The van der Waals surface area contributed by atoms with E-state index in [4.69, 9.17) is 4.74 Å². The SMILES string of the molecule is CC(C)C1CNCC(c2nc3ccccc3s2)O1. The van der Waals surface area contributed by atoms with Gasteiger partial charge < -0.3 is 10.1 Å². The van der Waals surface area contributed by atoms with Crippen LogP contribution in [0.1, 0.15) is 25.0 Å². The maximum Gasteiger partial charge on any atom is 0.124 e. The normalized spacial score (nSPS) is 24.8. The topological polar surface area (TPSA) is 34.2 Å². The number of aromatic nitrogens is 1. The fourth-order valence-corrected chi connectivity index (χ4v) is 3.23. The van der Waals surface area contributed by atoms with Crippen LogP contribution in [0.25, 0.3) is 10.2 Å². The van der Waals surface area contributed by atoms with Crippen LogP contribution >= 0.6 is 11.3 Å². The van der Waals surface area contributed by atoms with Crippen molar-refractivity contribution in [1.82, 2.24) is 10.3 Å². The lowest BCUT2D eigenvalue weighted by Crippen LogP contribution is -2.42. The highest BCUT2D eigenvalue weighted by Crippen LogP contribution is 2.30. The van der Waals surface area contributed by atoms with Crippen molar-refractivity contribution in [3.63, 3.8) is 0 Å². The second-order valence-electron chi connectivity index (χ2n) is 5.09. The first kappa shape index (κ1) is 12.1. The Morgan fingerprint density at radius 2 is 2.17 bits per heavy atom. The molecule has 1 aliphatic rings. The van der Waals surface area contributed by atoms with Gasteiger partial charge in [0.05, 0.1) is 16.3 Å². The predicted octanol–water partition coefficient (Wildman–Crippen LogP) is 2.98. The number of thiazole rings is 1. The molecule has 0 amide bonds. The molecule has 0 aliphatic carbocycles. The second kappa shape index (κ2) is 4.96. The standard InChI is InChI=1S/C14H18N2OS/c1-9(2)11-7-15-8-12(17-11)14-16-10-5-3-4-6-13(10)18-14/h3-6,9,11-12,15H,7-8H2,1-2H3. The van der Waals surface area contributed by atoms with E-state index in [1.165, 1.54) is 4.70 Å². The fraction of sp³-hybridized carbons (Fsp3) is 0.500. The van der Waals surface area contributed by atoms with Gasteiger partial charge in [0.2, 0.25) is 0 Å². The molecule has 1 aliphatic heterocycles. The molecule has 0 spiro atoms. The van der Waals surface area contributed by atoms with Crippen molar-refractivity contribution in [3.8, 4) is 0 Å². The van der Waals surface area contributed by atoms with Crippen molar-refractivity contribution in [2.24, 2.45) is 5.92 Å². The summed E-state index contributed by atoms with van der Waals surface area (Å²) >= 11 is 1.74. The van der Waals surface area contributed by atoms with E-state index in [0.29, 0.717) is 5.92 Å². The molecule has 2 heterocycles. The van der Waals surface area contributed by atoms with E-state index in [9.17, 15) is 0 Å². The van der Waals surface area contributed by atoms with Gasteiger partial charge >= 0.3 is 0 Å². The molecule has 0 saturated carbocycles. The Kier molecular flexibility index (Phi) is 3.33. The third-order valence-corrected chi connectivity index (χ3v) is 4.47. The molecule has 0 bridgehead atoms. The van der Waals surface area contributed by atoms with Crippen molar-refractivity contribution in [2.75, 3.05) is 13.1 Å². The van der Waals surface area contributed by atoms with Crippen molar-refractivity contribution in [1.29, 1.82) is 0 Å². The molecule has 1 saturated heterocycles. The summed E-state index contributed by atoms with van der Waals surface area (Å²) in [6, 6.07) is 8.27. The first-order valence-electron chi connectivity index (χ1n) is 6.45. The summed E-state index contributed by atoms with van der Waals surface area (Å²) in [5.41, 5.74) is 1.08. The number of fused-ring (bicyclic) bond motifs is 1. The van der Waals surface area contributed by atoms with Gasteiger partial charge in [-0.3, -0.25) is 0 Å². The molecule has 4 heteroatoms. The van der Waals surface area contributed by atoms with Gasteiger partial charge in [0.25, 0.3) is 0 Å². The highest BCUT2D eigenvalue weighted by molar-refractivity contribution is 7.18. The van der Waals surface area contributed by atoms with Crippen molar-refractivity contribution in [2.45, 2.75) is 26.1 Å². The van der Waals surface area contributed by atoms with Crippen LogP contribution in [0.5, 0.6) is 0 Å². The zero-order chi connectivity index (χ0) is 12.5. The van der Waals surface area contributed by atoms with E-state index in [-0.39, 0.29) is 12.2 Å². The summed E-state index contributed by atoms with van der Waals surface area (Å²) in [4.78, 5) is 4.68. The van der Waals surface area contributed by atoms with Gasteiger partial charge in [0, 0.05) is 13.1 Å². The molecule has 1 fully saturated rings. The highest BCUT2D eigenvalue weighted by atomic mass is 32.1. The lowest BCUT2D eigenvalue weighted by atomic mass is 10.1. The lowest BCUT2D eigenvalue weighted by molar-refractivity contribution is -0.0603. The largest absolute Gasteiger partial charge is 0.365 e. The Labute approximate surface area is 111 Å². The molecule has 2 aromatic rings. The molecule has 96 valence electrons. The van der Waals surface area contributed by atoms with Crippen LogP contribution in [-0.4, -0.2) is 24.2 Å². The summed E-state index contributed by atoms with van der Waals surface area (Å²) < 4.78 is 7.39. The van der Waals surface area contributed by atoms with Gasteiger partial charge in [-0.1, -0.05) is 26.0 Å². The molecule has 18 heavy (non-hydrogen) atoms. The van der Waals surface area contributed by atoms with Crippen LogP contribution in [0, 0.1) is 5.92 Å². The van der Waals surface area contributed by atoms with Crippen LogP contribution in [0.4, 0.5) is 0 Å². The number of para-hydroxylation sites is 1. The highest BCUT2D eigenvalue weighted by Gasteiger charge is 2.27. The summed E-state index contributed by atoms with van der Waals surface area (Å²) in [5.74, 6) is 0.537. The van der Waals surface area contributed by atoms with E-state index < -0.39 is 0 Å². The quantitative estimate of drug-likeness (QED) is 0.903. The minimum Gasteiger partial charge on any atom is -0.365 e. The molecule has 2 atom stereocenters. The van der Waals surface area contributed by atoms with Gasteiger partial charge in [-0.25, -0.2) is 4.98 Å². The monoisotopic (exact) mass is 262 g/mol. The zero-order valence-corrected chi connectivity index (χ0v) is 11.5. The molecular weight excluding hydrogens is 244 g/mol. The Balaban J connectivity index is 1.85. The van der Waals surface area contributed by atoms with Gasteiger partial charge in [-0.2, -0.15) is 0 Å². The molecule has 1 aromatic heterocycles. The third kappa shape index (κ3) is 2.28. The molecule has 3 rings (SSSR count). The minimum atomic E-state index is 0.101. The molecule has 3 nitrogen and oxygen atoms in total. The van der Waals surface area contributed by atoms with Gasteiger partial charge in [-0.05, 0) is 18.1 Å². The predicted molar refractivity (Wildman–Crippen MR) is 74.9 cm³/mol. The third-order valence-electron chi connectivity index (χ3n) is 3.34. The number of morpholine rings is 1. The van der Waals surface area contributed by atoms with Gasteiger partial charge in [-0.15, -0.1) is 11.3 Å². The van der Waals surface area contributed by atoms with E-state index in [1.54, 1.807) is 11.3 Å². The second-order valence-corrected chi connectivity index (χ2v) is 6.15. The summed E-state index contributed by atoms with van der Waals surface area (Å²) in [5, 5.41) is 4.54. The zero-order valence-electron chi connectivity index (χ0n) is 10.7. The van der Waals surface area contributed by atoms with Crippen LogP contribution in [0.3, 0.4) is 0 Å². The van der Waals surface area contributed by atoms with E-state index in [0.717, 1.165) is 23.6 Å².